The van der Waals surface area contributed by atoms with E-state index in [1.807, 2.05) is 0 Å². The number of morpholine rings is 1. The number of aliphatic imine (C=N–C) groups is 1. The van der Waals surface area contributed by atoms with E-state index in [1.54, 1.807) is 12.1 Å². The molecule has 1 aromatic rings. The van der Waals surface area contributed by atoms with Gasteiger partial charge in [-0.25, -0.2) is 4.99 Å². The third-order valence-electron chi connectivity index (χ3n) is 4.16. The molecule has 1 heterocycles. The van der Waals surface area contributed by atoms with Gasteiger partial charge >= 0.3 is 0 Å². The fourth-order valence-electron chi connectivity index (χ4n) is 2.65. The quantitative estimate of drug-likeness (QED) is 0.228. The first-order valence-electron chi connectivity index (χ1n) is 9.24. The average molecular weight is 363 g/mol. The molecule has 8 heteroatoms. The second kappa shape index (κ2) is 11.4. The Labute approximate surface area is 154 Å². The third kappa shape index (κ3) is 7.37. The number of benzene rings is 1. The van der Waals surface area contributed by atoms with E-state index in [0.717, 1.165) is 70.3 Å². The molecule has 1 aliphatic rings. The van der Waals surface area contributed by atoms with Crippen molar-refractivity contribution in [3.05, 3.63) is 39.9 Å². The standard InChI is InChI=1S/C18H29N5O3/c1-2-8-19-18(20-9-3-10-22-11-13-26-14-12-22)21-15-16-4-6-17(7-5-16)23(24)25/h4-7H,2-3,8-15H2,1H3,(H2,19,20,21). The molecule has 0 amide bonds. The zero-order chi connectivity index (χ0) is 18.6. The number of guanidine groups is 1. The summed E-state index contributed by atoms with van der Waals surface area (Å²) in [5, 5.41) is 17.4. The van der Waals surface area contributed by atoms with E-state index >= 15 is 0 Å². The molecule has 2 N–H and O–H groups in total. The smallest absolute Gasteiger partial charge is 0.269 e. The van der Waals surface area contributed by atoms with E-state index in [-0.39, 0.29) is 5.69 Å². The summed E-state index contributed by atoms with van der Waals surface area (Å²) in [6.07, 6.45) is 2.07. The van der Waals surface area contributed by atoms with Gasteiger partial charge < -0.3 is 15.4 Å². The molecule has 0 spiro atoms. The number of nitro benzene ring substituents is 1. The summed E-state index contributed by atoms with van der Waals surface area (Å²) in [6, 6.07) is 6.52. The zero-order valence-corrected chi connectivity index (χ0v) is 15.4. The Bertz CT molecular complexity index is 571. The van der Waals surface area contributed by atoms with Gasteiger partial charge in [-0.15, -0.1) is 0 Å². The Morgan fingerprint density at radius 3 is 2.58 bits per heavy atom. The topological polar surface area (TPSA) is 92.0 Å². The molecule has 0 aliphatic carbocycles. The normalized spacial score (nSPS) is 15.7. The van der Waals surface area contributed by atoms with E-state index in [2.05, 4.69) is 27.4 Å². The Morgan fingerprint density at radius 2 is 1.92 bits per heavy atom. The van der Waals surface area contributed by atoms with Gasteiger partial charge in [0, 0.05) is 38.3 Å². The Balaban J connectivity index is 1.78. The number of hydrogen-bond donors (Lipinski definition) is 2. The highest BCUT2D eigenvalue weighted by Crippen LogP contribution is 2.12. The monoisotopic (exact) mass is 363 g/mol. The third-order valence-corrected chi connectivity index (χ3v) is 4.16. The zero-order valence-electron chi connectivity index (χ0n) is 15.4. The number of rotatable bonds is 9. The lowest BCUT2D eigenvalue weighted by molar-refractivity contribution is -0.384. The molecule has 1 aliphatic heterocycles. The predicted molar refractivity (Wildman–Crippen MR) is 102 cm³/mol. The lowest BCUT2D eigenvalue weighted by Gasteiger charge is -2.26. The predicted octanol–water partition coefficient (Wildman–Crippen LogP) is 1.76. The van der Waals surface area contributed by atoms with Gasteiger partial charge in [0.05, 0.1) is 24.7 Å². The van der Waals surface area contributed by atoms with Crippen LogP contribution in [-0.4, -0.2) is 61.7 Å². The maximum absolute atomic E-state index is 10.7. The van der Waals surface area contributed by atoms with Crippen molar-refractivity contribution in [2.45, 2.75) is 26.3 Å². The average Bonchev–Trinajstić information content (AvgIpc) is 2.67. The summed E-state index contributed by atoms with van der Waals surface area (Å²) >= 11 is 0. The van der Waals surface area contributed by atoms with Gasteiger partial charge in [-0.2, -0.15) is 0 Å². The molecule has 1 aromatic carbocycles. The van der Waals surface area contributed by atoms with Gasteiger partial charge in [-0.3, -0.25) is 15.0 Å². The van der Waals surface area contributed by atoms with Crippen molar-refractivity contribution < 1.29 is 9.66 Å². The molecule has 26 heavy (non-hydrogen) atoms. The van der Waals surface area contributed by atoms with Crippen molar-refractivity contribution in [2.75, 3.05) is 45.9 Å². The first kappa shape index (κ1) is 20.1. The van der Waals surface area contributed by atoms with Gasteiger partial charge in [0.15, 0.2) is 5.96 Å². The fourth-order valence-corrected chi connectivity index (χ4v) is 2.65. The van der Waals surface area contributed by atoms with Gasteiger partial charge in [0.25, 0.3) is 5.69 Å². The number of nitro groups is 1. The van der Waals surface area contributed by atoms with Crippen molar-refractivity contribution in [3.8, 4) is 0 Å². The SMILES string of the molecule is CCCNC(=NCc1ccc([N+](=O)[O-])cc1)NCCCN1CCOCC1. The van der Waals surface area contributed by atoms with Gasteiger partial charge in [0.2, 0.25) is 0 Å². The highest BCUT2D eigenvalue weighted by molar-refractivity contribution is 5.79. The molecule has 0 aromatic heterocycles. The molecule has 2 rings (SSSR count). The van der Waals surface area contributed by atoms with E-state index in [9.17, 15) is 10.1 Å². The number of nitrogens with zero attached hydrogens (tertiary/aromatic N) is 3. The number of non-ortho nitro benzene ring substituents is 1. The number of ether oxygens (including phenoxy) is 1. The first-order valence-corrected chi connectivity index (χ1v) is 9.24. The molecule has 0 unspecified atom stereocenters. The minimum absolute atomic E-state index is 0.100. The van der Waals surface area contributed by atoms with Gasteiger partial charge in [-0.05, 0) is 24.9 Å². The molecule has 0 radical (unpaired) electrons. The van der Waals surface area contributed by atoms with Crippen LogP contribution < -0.4 is 10.6 Å². The summed E-state index contributed by atoms with van der Waals surface area (Å²) in [4.78, 5) is 17.3. The van der Waals surface area contributed by atoms with Crippen LogP contribution in [0.3, 0.4) is 0 Å². The summed E-state index contributed by atoms with van der Waals surface area (Å²) in [5.41, 5.74) is 1.05. The fraction of sp³-hybridized carbons (Fsp3) is 0.611. The van der Waals surface area contributed by atoms with Crippen molar-refractivity contribution in [1.29, 1.82) is 0 Å². The maximum atomic E-state index is 10.7. The van der Waals surface area contributed by atoms with Crippen LogP contribution in [0, 0.1) is 10.1 Å². The van der Waals surface area contributed by atoms with Crippen LogP contribution in [0.5, 0.6) is 0 Å². The molecule has 1 saturated heterocycles. The minimum atomic E-state index is -0.392. The Hall–Kier alpha value is -2.19. The summed E-state index contributed by atoms with van der Waals surface area (Å²) < 4.78 is 5.36. The van der Waals surface area contributed by atoms with E-state index in [4.69, 9.17) is 4.74 Å². The summed E-state index contributed by atoms with van der Waals surface area (Å²) in [5.74, 6) is 0.784. The molecule has 1 fully saturated rings. The van der Waals surface area contributed by atoms with Crippen molar-refractivity contribution in [1.82, 2.24) is 15.5 Å². The van der Waals surface area contributed by atoms with Crippen LogP contribution in [0.15, 0.2) is 29.3 Å². The van der Waals surface area contributed by atoms with Crippen molar-refractivity contribution >= 4 is 11.6 Å². The maximum Gasteiger partial charge on any atom is 0.269 e. The number of nitrogens with one attached hydrogen (secondary N) is 2. The lowest BCUT2D eigenvalue weighted by Crippen LogP contribution is -2.41. The van der Waals surface area contributed by atoms with Crippen molar-refractivity contribution in [2.24, 2.45) is 4.99 Å². The molecule has 0 bridgehead atoms. The van der Waals surface area contributed by atoms with Crippen LogP contribution in [0.1, 0.15) is 25.3 Å². The van der Waals surface area contributed by atoms with Crippen LogP contribution in [-0.2, 0) is 11.3 Å². The minimum Gasteiger partial charge on any atom is -0.379 e. The molecule has 0 saturated carbocycles. The lowest BCUT2D eigenvalue weighted by atomic mass is 10.2. The van der Waals surface area contributed by atoms with Gasteiger partial charge in [-0.1, -0.05) is 19.1 Å². The number of hydrogen-bond acceptors (Lipinski definition) is 5. The second-order valence-corrected chi connectivity index (χ2v) is 6.25. The van der Waals surface area contributed by atoms with Crippen molar-refractivity contribution in [3.63, 3.8) is 0 Å². The summed E-state index contributed by atoms with van der Waals surface area (Å²) in [6.45, 7) is 9.04. The van der Waals surface area contributed by atoms with Crippen LogP contribution >= 0.6 is 0 Å². The van der Waals surface area contributed by atoms with Crippen LogP contribution in [0.25, 0.3) is 0 Å². The van der Waals surface area contributed by atoms with E-state index in [0.29, 0.717) is 6.54 Å². The van der Waals surface area contributed by atoms with E-state index < -0.39 is 4.92 Å². The molecular formula is C18H29N5O3. The largest absolute Gasteiger partial charge is 0.379 e. The Kier molecular flexibility index (Phi) is 8.85. The second-order valence-electron chi connectivity index (χ2n) is 6.25. The molecular weight excluding hydrogens is 334 g/mol. The van der Waals surface area contributed by atoms with E-state index in [1.165, 1.54) is 12.1 Å². The highest BCUT2D eigenvalue weighted by atomic mass is 16.6. The molecule has 144 valence electrons. The Morgan fingerprint density at radius 1 is 1.23 bits per heavy atom. The van der Waals surface area contributed by atoms with Gasteiger partial charge in [0.1, 0.15) is 0 Å². The summed E-state index contributed by atoms with van der Waals surface area (Å²) in [7, 11) is 0. The first-order chi connectivity index (χ1) is 12.7. The highest BCUT2D eigenvalue weighted by Gasteiger charge is 2.09. The van der Waals surface area contributed by atoms with Crippen LogP contribution in [0.2, 0.25) is 0 Å². The molecule has 8 nitrogen and oxygen atoms in total. The molecule has 0 atom stereocenters. The van der Waals surface area contributed by atoms with Crippen LogP contribution in [0.4, 0.5) is 5.69 Å².